The number of likely N-dealkylation sites (tertiary alicyclic amines) is 1. The summed E-state index contributed by atoms with van der Waals surface area (Å²) in [5, 5.41) is 0. The summed E-state index contributed by atoms with van der Waals surface area (Å²) >= 11 is 0. The summed E-state index contributed by atoms with van der Waals surface area (Å²) in [5.74, 6) is -0.774. The van der Waals surface area contributed by atoms with E-state index in [4.69, 9.17) is 18.9 Å². The van der Waals surface area contributed by atoms with Gasteiger partial charge in [-0.05, 0) is 12.8 Å². The summed E-state index contributed by atoms with van der Waals surface area (Å²) in [6.07, 6.45) is 4.97. The Labute approximate surface area is 162 Å². The number of amides is 2. The van der Waals surface area contributed by atoms with Crippen LogP contribution in [-0.4, -0.2) is 44.0 Å². The zero-order valence-electron chi connectivity index (χ0n) is 15.9. The topological polar surface area (TPSA) is 91.4 Å². The predicted octanol–water partition coefficient (Wildman–Crippen LogP) is 1.83. The second-order valence-corrected chi connectivity index (χ2v) is 6.93. The van der Waals surface area contributed by atoms with Crippen molar-refractivity contribution in [3.05, 3.63) is 28.8 Å². The third kappa shape index (κ3) is 2.47. The number of ether oxygens (including phenoxy) is 4. The number of carbonyl (C=O) groups excluding carboxylic acids is 3. The number of carbonyl (C=O) groups is 3. The van der Waals surface area contributed by atoms with Crippen LogP contribution in [0.15, 0.2) is 12.2 Å². The number of hydrogen-bond donors (Lipinski definition) is 0. The van der Waals surface area contributed by atoms with E-state index in [1.165, 1.54) is 26.2 Å². The van der Waals surface area contributed by atoms with Crippen molar-refractivity contribution in [3.63, 3.8) is 0 Å². The SMILES string of the molecule is COc1c2c(c(CN3C(=O)[C@H]4CC=CC[C@H]4C3=O)c(OC)c1OC)C(=O)OC2. The summed E-state index contributed by atoms with van der Waals surface area (Å²) in [4.78, 5) is 39.4. The lowest BCUT2D eigenvalue weighted by atomic mass is 9.85. The number of fused-ring (bicyclic) bond motifs is 2. The fourth-order valence-electron chi connectivity index (χ4n) is 4.33. The first kappa shape index (κ1) is 18.3. The molecule has 0 N–H and O–H groups in total. The number of cyclic esters (lactones) is 1. The number of esters is 1. The Morgan fingerprint density at radius 1 is 0.929 bits per heavy atom. The van der Waals surface area contributed by atoms with Crippen LogP contribution in [-0.2, 0) is 27.5 Å². The van der Waals surface area contributed by atoms with Crippen molar-refractivity contribution in [2.75, 3.05) is 21.3 Å². The van der Waals surface area contributed by atoms with Crippen LogP contribution < -0.4 is 14.2 Å². The van der Waals surface area contributed by atoms with Crippen molar-refractivity contribution in [2.45, 2.75) is 26.0 Å². The fraction of sp³-hybridized carbons (Fsp3) is 0.450. The van der Waals surface area contributed by atoms with Crippen molar-refractivity contribution in [2.24, 2.45) is 11.8 Å². The number of rotatable bonds is 5. The van der Waals surface area contributed by atoms with Gasteiger partial charge < -0.3 is 18.9 Å². The lowest BCUT2D eigenvalue weighted by Crippen LogP contribution is -2.31. The molecule has 1 fully saturated rings. The summed E-state index contributed by atoms with van der Waals surface area (Å²) in [6, 6.07) is 0. The van der Waals surface area contributed by atoms with E-state index >= 15 is 0 Å². The molecule has 2 amide bonds. The lowest BCUT2D eigenvalue weighted by molar-refractivity contribution is -0.140. The minimum absolute atomic E-state index is 0.0295. The smallest absolute Gasteiger partial charge is 0.339 e. The standard InChI is InChI=1S/C20H21NO7/c1-25-15-12(8-21-18(22)10-6-4-5-7-11(10)19(21)23)14-13(9-28-20(14)24)16(26-2)17(15)27-3/h4-5,10-11H,6-9H2,1-3H3/t10-,11+. The van der Waals surface area contributed by atoms with Gasteiger partial charge in [-0.2, -0.15) is 0 Å². The zero-order valence-corrected chi connectivity index (χ0v) is 15.9. The molecular weight excluding hydrogens is 366 g/mol. The van der Waals surface area contributed by atoms with Crippen LogP contribution >= 0.6 is 0 Å². The van der Waals surface area contributed by atoms with Gasteiger partial charge in [0, 0.05) is 5.56 Å². The summed E-state index contributed by atoms with van der Waals surface area (Å²) in [7, 11) is 4.36. The fourth-order valence-corrected chi connectivity index (χ4v) is 4.33. The number of hydrogen-bond acceptors (Lipinski definition) is 7. The maximum absolute atomic E-state index is 12.9. The monoisotopic (exact) mass is 387 g/mol. The van der Waals surface area contributed by atoms with E-state index in [1.807, 2.05) is 12.2 Å². The highest BCUT2D eigenvalue weighted by Gasteiger charge is 2.48. The van der Waals surface area contributed by atoms with E-state index in [1.54, 1.807) is 0 Å². The molecular formula is C20H21NO7. The summed E-state index contributed by atoms with van der Waals surface area (Å²) in [5.41, 5.74) is 1.19. The third-order valence-electron chi connectivity index (χ3n) is 5.64. The molecule has 28 heavy (non-hydrogen) atoms. The van der Waals surface area contributed by atoms with Crippen LogP contribution in [0.5, 0.6) is 17.2 Å². The van der Waals surface area contributed by atoms with Gasteiger partial charge in [0.1, 0.15) is 6.61 Å². The Hall–Kier alpha value is -3.03. The van der Waals surface area contributed by atoms with E-state index in [-0.39, 0.29) is 48.1 Å². The highest BCUT2D eigenvalue weighted by atomic mass is 16.5. The number of imide groups is 1. The molecule has 1 aromatic rings. The molecule has 148 valence electrons. The maximum atomic E-state index is 12.9. The van der Waals surface area contributed by atoms with Gasteiger partial charge in [0.05, 0.1) is 50.8 Å². The lowest BCUT2D eigenvalue weighted by Gasteiger charge is -2.22. The van der Waals surface area contributed by atoms with Crippen molar-refractivity contribution in [1.29, 1.82) is 0 Å². The van der Waals surface area contributed by atoms with E-state index in [0.29, 0.717) is 35.5 Å². The van der Waals surface area contributed by atoms with E-state index < -0.39 is 5.97 Å². The first-order valence-electron chi connectivity index (χ1n) is 9.04. The largest absolute Gasteiger partial charge is 0.492 e. The Morgan fingerprint density at radius 3 is 2.04 bits per heavy atom. The van der Waals surface area contributed by atoms with Crippen LogP contribution in [0.1, 0.15) is 34.3 Å². The molecule has 0 bridgehead atoms. The van der Waals surface area contributed by atoms with Gasteiger partial charge in [-0.25, -0.2) is 4.79 Å². The molecule has 1 aromatic carbocycles. The van der Waals surface area contributed by atoms with Gasteiger partial charge in [-0.15, -0.1) is 0 Å². The van der Waals surface area contributed by atoms with E-state index in [9.17, 15) is 14.4 Å². The van der Waals surface area contributed by atoms with Gasteiger partial charge in [0.25, 0.3) is 0 Å². The number of nitrogens with zero attached hydrogens (tertiary/aromatic N) is 1. The van der Waals surface area contributed by atoms with Gasteiger partial charge >= 0.3 is 5.97 Å². The van der Waals surface area contributed by atoms with Crippen LogP contribution in [0.3, 0.4) is 0 Å². The second kappa shape index (κ2) is 6.85. The second-order valence-electron chi connectivity index (χ2n) is 6.93. The molecule has 8 nitrogen and oxygen atoms in total. The van der Waals surface area contributed by atoms with E-state index in [0.717, 1.165) is 0 Å². The normalized spacial score (nSPS) is 22.8. The number of benzene rings is 1. The van der Waals surface area contributed by atoms with Crippen LogP contribution in [0, 0.1) is 11.8 Å². The Bertz CT molecular complexity index is 879. The molecule has 8 heteroatoms. The molecule has 3 aliphatic rings. The van der Waals surface area contributed by atoms with Crippen LogP contribution in [0.25, 0.3) is 0 Å². The number of methoxy groups -OCH3 is 3. The number of allylic oxidation sites excluding steroid dienone is 2. The molecule has 2 atom stereocenters. The van der Waals surface area contributed by atoms with Crippen LogP contribution in [0.2, 0.25) is 0 Å². The van der Waals surface area contributed by atoms with Crippen molar-refractivity contribution in [1.82, 2.24) is 4.90 Å². The van der Waals surface area contributed by atoms with Crippen molar-refractivity contribution < 1.29 is 33.3 Å². The molecule has 2 heterocycles. The van der Waals surface area contributed by atoms with Gasteiger partial charge in [-0.3, -0.25) is 14.5 Å². The zero-order chi connectivity index (χ0) is 20.0. The van der Waals surface area contributed by atoms with Crippen molar-refractivity contribution in [3.8, 4) is 17.2 Å². The third-order valence-corrected chi connectivity index (χ3v) is 5.64. The Morgan fingerprint density at radius 2 is 1.50 bits per heavy atom. The highest BCUT2D eigenvalue weighted by molar-refractivity contribution is 6.06. The maximum Gasteiger partial charge on any atom is 0.339 e. The molecule has 0 radical (unpaired) electrons. The molecule has 1 saturated heterocycles. The molecule has 0 spiro atoms. The molecule has 1 aliphatic carbocycles. The van der Waals surface area contributed by atoms with Crippen molar-refractivity contribution >= 4 is 17.8 Å². The minimum atomic E-state index is -0.539. The molecule has 2 aliphatic heterocycles. The molecule has 0 unspecified atom stereocenters. The highest BCUT2D eigenvalue weighted by Crippen LogP contribution is 2.49. The van der Waals surface area contributed by atoms with Gasteiger partial charge in [-0.1, -0.05) is 12.2 Å². The van der Waals surface area contributed by atoms with E-state index in [2.05, 4.69) is 0 Å². The van der Waals surface area contributed by atoms with Gasteiger partial charge in [0.15, 0.2) is 11.5 Å². The Balaban J connectivity index is 1.82. The minimum Gasteiger partial charge on any atom is -0.492 e. The Kier molecular flexibility index (Phi) is 4.49. The summed E-state index contributed by atoms with van der Waals surface area (Å²) < 4.78 is 21.6. The first-order chi connectivity index (χ1) is 13.5. The summed E-state index contributed by atoms with van der Waals surface area (Å²) in [6.45, 7) is -0.0482. The molecule has 4 rings (SSSR count). The average molecular weight is 387 g/mol. The first-order valence-corrected chi connectivity index (χ1v) is 9.04. The van der Waals surface area contributed by atoms with Crippen LogP contribution in [0.4, 0.5) is 0 Å². The molecule has 0 saturated carbocycles. The predicted molar refractivity (Wildman–Crippen MR) is 96.1 cm³/mol. The van der Waals surface area contributed by atoms with Gasteiger partial charge in [0.2, 0.25) is 17.6 Å². The average Bonchev–Trinajstić information content (AvgIpc) is 3.21. The quantitative estimate of drug-likeness (QED) is 0.432. The molecule has 0 aromatic heterocycles.